The lowest BCUT2D eigenvalue weighted by atomic mass is 9.91. The molecule has 0 aliphatic carbocycles. The Balaban J connectivity index is 4.89. The summed E-state index contributed by atoms with van der Waals surface area (Å²) in [6.07, 6.45) is -14.7. The molecule has 0 bridgehead atoms. The first kappa shape index (κ1) is 18.4. The van der Waals surface area contributed by atoms with E-state index in [1.54, 1.807) is 0 Å². The SMILES string of the molecule is CC(C)(CCC(F)(C(F)(F)F)C(F)(F)F)OCCO. The summed E-state index contributed by atoms with van der Waals surface area (Å²) in [6, 6.07) is 0. The van der Waals surface area contributed by atoms with E-state index < -0.39 is 43.1 Å². The third kappa shape index (κ3) is 4.79. The monoisotopic (exact) mass is 300 g/mol. The van der Waals surface area contributed by atoms with Gasteiger partial charge in [0.25, 0.3) is 5.67 Å². The average molecular weight is 300 g/mol. The molecule has 0 spiro atoms. The zero-order chi connectivity index (χ0) is 15.5. The van der Waals surface area contributed by atoms with Crippen molar-refractivity contribution in [1.29, 1.82) is 0 Å². The molecular weight excluding hydrogens is 285 g/mol. The molecule has 0 aromatic heterocycles. The maximum atomic E-state index is 13.3. The molecule has 0 rings (SSSR count). The number of rotatable bonds is 6. The van der Waals surface area contributed by atoms with Crippen LogP contribution in [0.25, 0.3) is 0 Å². The lowest BCUT2D eigenvalue weighted by Gasteiger charge is -2.33. The summed E-state index contributed by atoms with van der Waals surface area (Å²) in [4.78, 5) is 0. The fourth-order valence-electron chi connectivity index (χ4n) is 1.31. The van der Waals surface area contributed by atoms with Crippen molar-refractivity contribution in [3.63, 3.8) is 0 Å². The van der Waals surface area contributed by atoms with Crippen molar-refractivity contribution < 1.29 is 40.6 Å². The van der Waals surface area contributed by atoms with Gasteiger partial charge in [-0.1, -0.05) is 0 Å². The zero-order valence-electron chi connectivity index (χ0n) is 10.3. The van der Waals surface area contributed by atoms with Crippen molar-refractivity contribution in [2.45, 2.75) is 50.3 Å². The zero-order valence-corrected chi connectivity index (χ0v) is 10.3. The fourth-order valence-corrected chi connectivity index (χ4v) is 1.31. The molecule has 1 N–H and O–H groups in total. The van der Waals surface area contributed by atoms with Gasteiger partial charge in [0, 0.05) is 6.42 Å². The predicted octanol–water partition coefficient (Wildman–Crippen LogP) is 3.39. The molecule has 0 amide bonds. The second-order valence-electron chi connectivity index (χ2n) is 4.63. The molecule has 0 fully saturated rings. The van der Waals surface area contributed by atoms with E-state index >= 15 is 0 Å². The highest BCUT2D eigenvalue weighted by molar-refractivity contribution is 4.95. The highest BCUT2D eigenvalue weighted by Gasteiger charge is 2.72. The van der Waals surface area contributed by atoms with E-state index in [4.69, 9.17) is 9.84 Å². The van der Waals surface area contributed by atoms with E-state index in [1.807, 2.05) is 0 Å². The summed E-state index contributed by atoms with van der Waals surface area (Å²) in [5.74, 6) is 0. The Hall–Kier alpha value is -0.570. The molecule has 0 saturated heterocycles. The highest BCUT2D eigenvalue weighted by atomic mass is 19.4. The minimum absolute atomic E-state index is 0.260. The van der Waals surface area contributed by atoms with Crippen LogP contribution in [0.5, 0.6) is 0 Å². The predicted molar refractivity (Wildman–Crippen MR) is 52.3 cm³/mol. The van der Waals surface area contributed by atoms with Gasteiger partial charge in [0.15, 0.2) is 0 Å². The van der Waals surface area contributed by atoms with E-state index in [0.29, 0.717) is 0 Å². The van der Waals surface area contributed by atoms with E-state index in [1.165, 1.54) is 13.8 Å². The lowest BCUT2D eigenvalue weighted by molar-refractivity contribution is -0.344. The lowest BCUT2D eigenvalue weighted by Crippen LogP contribution is -2.54. The Bertz CT molecular complexity index is 269. The Kier molecular flexibility index (Phi) is 5.65. The van der Waals surface area contributed by atoms with E-state index in [9.17, 15) is 30.7 Å². The highest BCUT2D eigenvalue weighted by Crippen LogP contribution is 2.49. The second kappa shape index (κ2) is 5.82. The molecule has 0 aromatic rings. The number of halogens is 7. The summed E-state index contributed by atoms with van der Waals surface area (Å²) in [7, 11) is 0. The second-order valence-corrected chi connectivity index (χ2v) is 4.63. The first-order chi connectivity index (χ1) is 8.27. The van der Waals surface area contributed by atoms with Gasteiger partial charge in [-0.2, -0.15) is 26.3 Å². The van der Waals surface area contributed by atoms with Crippen LogP contribution >= 0.6 is 0 Å². The third-order valence-electron chi connectivity index (χ3n) is 2.55. The van der Waals surface area contributed by atoms with Crippen molar-refractivity contribution >= 4 is 0 Å². The van der Waals surface area contributed by atoms with Gasteiger partial charge in [0.2, 0.25) is 0 Å². The quantitative estimate of drug-likeness (QED) is 0.762. The fraction of sp³-hybridized carbons (Fsp3) is 1.00. The van der Waals surface area contributed by atoms with Gasteiger partial charge in [-0.15, -0.1) is 0 Å². The molecule has 0 radical (unpaired) electrons. The van der Waals surface area contributed by atoms with Crippen molar-refractivity contribution in [2.75, 3.05) is 13.2 Å². The van der Waals surface area contributed by atoms with Gasteiger partial charge in [0.05, 0.1) is 18.8 Å². The topological polar surface area (TPSA) is 29.5 Å². The van der Waals surface area contributed by atoms with Crippen molar-refractivity contribution in [3.05, 3.63) is 0 Å². The maximum absolute atomic E-state index is 13.3. The van der Waals surface area contributed by atoms with Crippen LogP contribution in [0.3, 0.4) is 0 Å². The van der Waals surface area contributed by atoms with Gasteiger partial charge in [0.1, 0.15) is 0 Å². The van der Waals surface area contributed by atoms with Crippen LogP contribution in [0, 0.1) is 0 Å². The van der Waals surface area contributed by atoms with Crippen LogP contribution < -0.4 is 0 Å². The first-order valence-corrected chi connectivity index (χ1v) is 5.34. The molecule has 0 aromatic carbocycles. The normalized spacial score (nSPS) is 14.8. The summed E-state index contributed by atoms with van der Waals surface area (Å²) >= 11 is 0. The molecule has 0 aliphatic heterocycles. The van der Waals surface area contributed by atoms with E-state index in [2.05, 4.69) is 0 Å². The standard InChI is InChI=1S/C10H15F7O2/c1-7(2,19-6-5-18)3-4-8(11,9(12,13)14)10(15,16)17/h18H,3-6H2,1-2H3. The molecule has 9 heteroatoms. The minimum atomic E-state index is -6.04. The summed E-state index contributed by atoms with van der Waals surface area (Å²) < 4.78 is 91.7. The van der Waals surface area contributed by atoms with Gasteiger partial charge in [-0.3, -0.25) is 0 Å². The smallest absolute Gasteiger partial charge is 0.394 e. The number of hydrogen-bond donors (Lipinski definition) is 1. The number of alkyl halides is 7. The largest absolute Gasteiger partial charge is 0.431 e. The maximum Gasteiger partial charge on any atom is 0.431 e. The van der Waals surface area contributed by atoms with Gasteiger partial charge < -0.3 is 9.84 Å². The summed E-state index contributed by atoms with van der Waals surface area (Å²) in [5, 5.41) is 8.46. The van der Waals surface area contributed by atoms with Gasteiger partial charge >= 0.3 is 12.4 Å². The molecule has 0 aliphatic rings. The molecule has 2 nitrogen and oxygen atoms in total. The Morgan fingerprint density at radius 1 is 0.842 bits per heavy atom. The summed E-state index contributed by atoms with van der Waals surface area (Å²) in [5.41, 5.74) is -6.67. The molecule has 0 heterocycles. The van der Waals surface area contributed by atoms with Crippen LogP contribution in [-0.4, -0.2) is 41.9 Å². The van der Waals surface area contributed by atoms with Crippen LogP contribution in [0.1, 0.15) is 26.7 Å². The average Bonchev–Trinajstić information content (AvgIpc) is 2.20. The first-order valence-electron chi connectivity index (χ1n) is 5.34. The Labute approximate surface area is 105 Å². The molecule has 0 atom stereocenters. The molecule has 19 heavy (non-hydrogen) atoms. The molecule has 116 valence electrons. The van der Waals surface area contributed by atoms with Crippen molar-refractivity contribution in [3.8, 4) is 0 Å². The molecular formula is C10H15F7O2. The Morgan fingerprint density at radius 2 is 1.26 bits per heavy atom. The van der Waals surface area contributed by atoms with E-state index in [0.717, 1.165) is 0 Å². The number of aliphatic hydroxyl groups is 1. The van der Waals surface area contributed by atoms with Gasteiger partial charge in [-0.25, -0.2) is 4.39 Å². The third-order valence-corrected chi connectivity index (χ3v) is 2.55. The van der Waals surface area contributed by atoms with Crippen LogP contribution in [0.15, 0.2) is 0 Å². The number of ether oxygens (including phenoxy) is 1. The Morgan fingerprint density at radius 3 is 1.58 bits per heavy atom. The van der Waals surface area contributed by atoms with Gasteiger partial charge in [-0.05, 0) is 20.3 Å². The van der Waals surface area contributed by atoms with Crippen molar-refractivity contribution in [2.24, 2.45) is 0 Å². The molecule has 0 saturated carbocycles. The molecule has 0 unspecified atom stereocenters. The van der Waals surface area contributed by atoms with Crippen molar-refractivity contribution in [1.82, 2.24) is 0 Å². The number of aliphatic hydroxyl groups excluding tert-OH is 1. The van der Waals surface area contributed by atoms with Crippen LogP contribution in [-0.2, 0) is 4.74 Å². The minimum Gasteiger partial charge on any atom is -0.394 e. The summed E-state index contributed by atoms with van der Waals surface area (Å²) in [6.45, 7) is 1.73. The number of hydrogen-bond acceptors (Lipinski definition) is 2. The van der Waals surface area contributed by atoms with Crippen LogP contribution in [0.4, 0.5) is 30.7 Å². The van der Waals surface area contributed by atoms with Crippen LogP contribution in [0.2, 0.25) is 0 Å². The van der Waals surface area contributed by atoms with E-state index in [-0.39, 0.29) is 6.61 Å².